The molecule has 0 amide bonds. The van der Waals surface area contributed by atoms with Crippen molar-refractivity contribution in [2.45, 2.75) is 13.3 Å². The van der Waals surface area contributed by atoms with Gasteiger partial charge in [0.25, 0.3) is 5.78 Å². The molecule has 100 valence electrons. The van der Waals surface area contributed by atoms with E-state index in [0.717, 1.165) is 5.56 Å². The Morgan fingerprint density at radius 3 is 2.65 bits per heavy atom. The molecule has 0 radical (unpaired) electrons. The summed E-state index contributed by atoms with van der Waals surface area (Å²) in [5, 5.41) is 13.5. The summed E-state index contributed by atoms with van der Waals surface area (Å²) in [4.78, 5) is 20.0. The summed E-state index contributed by atoms with van der Waals surface area (Å²) < 4.78 is 1.27. The van der Waals surface area contributed by atoms with Crippen LogP contribution in [0, 0.1) is 0 Å². The molecule has 0 aliphatic rings. The molecule has 3 rings (SSSR count). The SMILES string of the molecule is CCc1nc2nc(-c3ccccc3)cc(C(=O)O)n2n1. The van der Waals surface area contributed by atoms with E-state index in [1.54, 1.807) is 0 Å². The first-order valence-corrected chi connectivity index (χ1v) is 6.24. The highest BCUT2D eigenvalue weighted by molar-refractivity contribution is 5.87. The molecule has 20 heavy (non-hydrogen) atoms. The Morgan fingerprint density at radius 2 is 2.00 bits per heavy atom. The molecule has 2 aromatic heterocycles. The molecule has 0 aliphatic heterocycles. The van der Waals surface area contributed by atoms with Gasteiger partial charge in [-0.15, -0.1) is 5.10 Å². The maximum atomic E-state index is 11.4. The number of benzene rings is 1. The van der Waals surface area contributed by atoms with Crippen LogP contribution in [-0.4, -0.2) is 30.7 Å². The van der Waals surface area contributed by atoms with Gasteiger partial charge in [0.2, 0.25) is 0 Å². The van der Waals surface area contributed by atoms with Gasteiger partial charge in [-0.25, -0.2) is 9.78 Å². The van der Waals surface area contributed by atoms with E-state index in [1.807, 2.05) is 37.3 Å². The molecule has 1 N–H and O–H groups in total. The fourth-order valence-electron chi connectivity index (χ4n) is 1.97. The minimum absolute atomic E-state index is 0.0565. The van der Waals surface area contributed by atoms with Crippen LogP contribution in [-0.2, 0) is 6.42 Å². The van der Waals surface area contributed by atoms with Gasteiger partial charge in [0.1, 0.15) is 0 Å². The quantitative estimate of drug-likeness (QED) is 0.786. The standard InChI is InChI=1S/C14H12N4O2/c1-2-12-16-14-15-10(9-6-4-3-5-7-9)8-11(13(19)20)18(14)17-12/h3-8H,2H2,1H3,(H,19,20). The number of carboxylic acids is 1. The van der Waals surface area contributed by atoms with Gasteiger partial charge in [0.05, 0.1) is 5.69 Å². The molecular weight excluding hydrogens is 256 g/mol. The zero-order valence-corrected chi connectivity index (χ0v) is 10.8. The van der Waals surface area contributed by atoms with Gasteiger partial charge in [0, 0.05) is 12.0 Å². The molecule has 0 bridgehead atoms. The number of aromatic carboxylic acids is 1. The van der Waals surface area contributed by atoms with Gasteiger partial charge in [-0.1, -0.05) is 37.3 Å². The van der Waals surface area contributed by atoms with Crippen molar-refractivity contribution in [1.29, 1.82) is 0 Å². The molecule has 0 saturated heterocycles. The molecule has 0 saturated carbocycles. The van der Waals surface area contributed by atoms with Crippen LogP contribution in [0.2, 0.25) is 0 Å². The Morgan fingerprint density at radius 1 is 1.25 bits per heavy atom. The summed E-state index contributed by atoms with van der Waals surface area (Å²) in [6, 6.07) is 10.9. The predicted octanol–water partition coefficient (Wildman–Crippen LogP) is 2.05. The number of aryl methyl sites for hydroxylation is 1. The van der Waals surface area contributed by atoms with Crippen LogP contribution >= 0.6 is 0 Å². The maximum absolute atomic E-state index is 11.4. The fourth-order valence-corrected chi connectivity index (χ4v) is 1.97. The largest absolute Gasteiger partial charge is 0.477 e. The zero-order valence-electron chi connectivity index (χ0n) is 10.8. The molecule has 6 nitrogen and oxygen atoms in total. The third-order valence-electron chi connectivity index (χ3n) is 2.96. The number of nitrogens with zero attached hydrogens (tertiary/aromatic N) is 4. The first-order chi connectivity index (χ1) is 9.69. The van der Waals surface area contributed by atoms with Crippen molar-refractivity contribution in [2.24, 2.45) is 0 Å². The Kier molecular flexibility index (Phi) is 2.90. The monoisotopic (exact) mass is 268 g/mol. The van der Waals surface area contributed by atoms with E-state index < -0.39 is 5.97 Å². The van der Waals surface area contributed by atoms with E-state index in [2.05, 4.69) is 15.1 Å². The second kappa shape index (κ2) is 4.73. The lowest BCUT2D eigenvalue weighted by atomic mass is 10.1. The smallest absolute Gasteiger partial charge is 0.354 e. The Hall–Kier alpha value is -2.76. The van der Waals surface area contributed by atoms with Crippen molar-refractivity contribution in [3.05, 3.63) is 47.9 Å². The molecule has 0 spiro atoms. The third-order valence-corrected chi connectivity index (χ3v) is 2.96. The molecular formula is C14H12N4O2. The van der Waals surface area contributed by atoms with E-state index in [9.17, 15) is 9.90 Å². The molecule has 0 aliphatic carbocycles. The first-order valence-electron chi connectivity index (χ1n) is 6.24. The van der Waals surface area contributed by atoms with E-state index in [4.69, 9.17) is 0 Å². The van der Waals surface area contributed by atoms with Crippen LogP contribution in [0.5, 0.6) is 0 Å². The van der Waals surface area contributed by atoms with Crippen molar-refractivity contribution in [3.63, 3.8) is 0 Å². The number of hydrogen-bond acceptors (Lipinski definition) is 4. The molecule has 3 aromatic rings. The molecule has 6 heteroatoms. The fraction of sp³-hybridized carbons (Fsp3) is 0.143. The van der Waals surface area contributed by atoms with Crippen molar-refractivity contribution in [2.75, 3.05) is 0 Å². The number of hydrogen-bond donors (Lipinski definition) is 1. The van der Waals surface area contributed by atoms with Crippen LogP contribution in [0.25, 0.3) is 17.0 Å². The lowest BCUT2D eigenvalue weighted by Gasteiger charge is -2.03. The minimum atomic E-state index is -1.05. The highest BCUT2D eigenvalue weighted by atomic mass is 16.4. The Labute approximate surface area is 114 Å². The van der Waals surface area contributed by atoms with Gasteiger partial charge in [-0.2, -0.15) is 9.50 Å². The lowest BCUT2D eigenvalue weighted by Crippen LogP contribution is -2.08. The van der Waals surface area contributed by atoms with Crippen molar-refractivity contribution in [3.8, 4) is 11.3 Å². The average molecular weight is 268 g/mol. The zero-order chi connectivity index (χ0) is 14.1. The molecule has 0 fully saturated rings. The molecule has 0 unspecified atom stereocenters. The van der Waals surface area contributed by atoms with Crippen LogP contribution < -0.4 is 0 Å². The van der Waals surface area contributed by atoms with Gasteiger partial charge < -0.3 is 5.11 Å². The minimum Gasteiger partial charge on any atom is -0.477 e. The van der Waals surface area contributed by atoms with E-state index in [0.29, 0.717) is 23.7 Å². The molecule has 2 heterocycles. The maximum Gasteiger partial charge on any atom is 0.354 e. The first kappa shape index (κ1) is 12.3. The lowest BCUT2D eigenvalue weighted by molar-refractivity contribution is 0.0687. The summed E-state index contributed by atoms with van der Waals surface area (Å²) in [6.07, 6.45) is 0.628. The summed E-state index contributed by atoms with van der Waals surface area (Å²) in [5.41, 5.74) is 1.48. The summed E-state index contributed by atoms with van der Waals surface area (Å²) in [7, 11) is 0. The van der Waals surface area contributed by atoms with Crippen LogP contribution in [0.1, 0.15) is 23.2 Å². The topological polar surface area (TPSA) is 80.4 Å². The molecule has 1 aromatic carbocycles. The number of carbonyl (C=O) groups is 1. The number of aromatic nitrogens is 4. The second-order valence-corrected chi connectivity index (χ2v) is 4.29. The van der Waals surface area contributed by atoms with Gasteiger partial charge in [-0.05, 0) is 6.07 Å². The number of rotatable bonds is 3. The van der Waals surface area contributed by atoms with Gasteiger partial charge >= 0.3 is 5.97 Å². The highest BCUT2D eigenvalue weighted by Gasteiger charge is 2.15. The molecule has 0 atom stereocenters. The predicted molar refractivity (Wildman–Crippen MR) is 72.6 cm³/mol. The van der Waals surface area contributed by atoms with Gasteiger partial charge in [-0.3, -0.25) is 0 Å². The Bertz CT molecular complexity index is 780. The third kappa shape index (κ3) is 2.01. The number of carboxylic acid groups (broad SMARTS) is 1. The van der Waals surface area contributed by atoms with E-state index >= 15 is 0 Å². The van der Waals surface area contributed by atoms with Crippen molar-refractivity contribution >= 4 is 11.7 Å². The Balaban J connectivity index is 2.27. The summed E-state index contributed by atoms with van der Waals surface area (Å²) in [5.74, 6) is -0.173. The summed E-state index contributed by atoms with van der Waals surface area (Å²) in [6.45, 7) is 1.91. The normalized spacial score (nSPS) is 10.8. The van der Waals surface area contributed by atoms with Crippen LogP contribution in [0.3, 0.4) is 0 Å². The number of fused-ring (bicyclic) bond motifs is 1. The van der Waals surface area contributed by atoms with Crippen LogP contribution in [0.15, 0.2) is 36.4 Å². The van der Waals surface area contributed by atoms with Gasteiger partial charge in [0.15, 0.2) is 11.5 Å². The van der Waals surface area contributed by atoms with Crippen LogP contribution in [0.4, 0.5) is 0 Å². The average Bonchev–Trinajstić information content (AvgIpc) is 2.89. The second-order valence-electron chi connectivity index (χ2n) is 4.29. The van der Waals surface area contributed by atoms with Crippen molar-refractivity contribution in [1.82, 2.24) is 19.6 Å². The van der Waals surface area contributed by atoms with E-state index in [-0.39, 0.29) is 5.69 Å². The van der Waals surface area contributed by atoms with E-state index in [1.165, 1.54) is 10.6 Å². The van der Waals surface area contributed by atoms with Crippen molar-refractivity contribution < 1.29 is 9.90 Å². The summed E-state index contributed by atoms with van der Waals surface area (Å²) >= 11 is 0. The highest BCUT2D eigenvalue weighted by Crippen LogP contribution is 2.19.